The quantitative estimate of drug-likeness (QED) is 0.0432. The number of aromatic nitrogens is 2. The number of carbonyl (C=O) groups is 4. The van der Waals surface area contributed by atoms with Crippen LogP contribution in [-0.4, -0.2) is 170 Å². The van der Waals surface area contributed by atoms with E-state index in [1.165, 1.54) is 49.7 Å². The number of hydrogen-bond acceptors (Lipinski definition) is 17. The number of amides is 4. The van der Waals surface area contributed by atoms with Crippen LogP contribution in [0.25, 0.3) is 78.0 Å². The Bertz CT molecular complexity index is 6460. The largest absolute Gasteiger partial charge is 0.393 e. The molecule has 137 heavy (non-hydrogen) atoms. The van der Waals surface area contributed by atoms with Crippen LogP contribution in [0.15, 0.2) is 290 Å². The molecule has 1 saturated heterocycles. The van der Waals surface area contributed by atoms with Gasteiger partial charge in [-0.05, 0) is 270 Å². The minimum atomic E-state index is -3.59. The lowest BCUT2D eigenvalue weighted by Gasteiger charge is -2.29. The first-order chi connectivity index (χ1) is 65.8. The predicted octanol–water partition coefficient (Wildman–Crippen LogP) is 23.2. The second-order valence-corrected chi connectivity index (χ2v) is 36.7. The van der Waals surface area contributed by atoms with Crippen molar-refractivity contribution in [1.82, 2.24) is 34.3 Å². The fourth-order valence-electron chi connectivity index (χ4n) is 14.7. The number of nitrogens with one attached hydrogen (secondary N) is 1. The Morgan fingerprint density at radius 2 is 0.774 bits per heavy atom. The maximum absolute atomic E-state index is 13.4. The van der Waals surface area contributed by atoms with Gasteiger partial charge in [-0.25, -0.2) is 22.2 Å². The molecule has 1 aliphatic heterocycles. The van der Waals surface area contributed by atoms with Gasteiger partial charge < -0.3 is 59.3 Å². The normalized spacial score (nSPS) is 11.7. The van der Waals surface area contributed by atoms with Crippen LogP contribution in [0.3, 0.4) is 0 Å². The van der Waals surface area contributed by atoms with Crippen molar-refractivity contribution in [3.63, 3.8) is 0 Å². The summed E-state index contributed by atoms with van der Waals surface area (Å²) in [6.07, 6.45) is 3.93. The van der Waals surface area contributed by atoms with Gasteiger partial charge in [-0.15, -0.1) is 11.3 Å². The highest BCUT2D eigenvalue weighted by molar-refractivity contribution is 7.89. The van der Waals surface area contributed by atoms with Crippen molar-refractivity contribution < 1.29 is 69.9 Å². The average molecular weight is 1970 g/mol. The summed E-state index contributed by atoms with van der Waals surface area (Å²) in [6, 6.07) is 80.3. The van der Waals surface area contributed by atoms with Crippen molar-refractivity contribution in [1.29, 1.82) is 0 Å². The average Bonchev–Trinajstić information content (AvgIpc) is 1.07. The third-order valence-electron chi connectivity index (χ3n) is 21.6. The molecule has 12 aromatic carbocycles. The van der Waals surface area contributed by atoms with Gasteiger partial charge in [0.1, 0.15) is 11.6 Å². The number of nitrogens with two attached hydrogens (primary N) is 1. The molecule has 1 aliphatic rings. The lowest BCUT2D eigenvalue weighted by Crippen LogP contribution is -2.40. The molecular formula is C108H110Cl4F2N8O13S2. The Balaban J connectivity index is 0.000000170. The number of aliphatic hydroxyl groups is 1. The number of sulfonamides is 1. The second-order valence-electron chi connectivity index (χ2n) is 32.2. The summed E-state index contributed by atoms with van der Waals surface area (Å²) >= 11 is 25.3. The van der Waals surface area contributed by atoms with E-state index >= 15 is 0 Å². The van der Waals surface area contributed by atoms with E-state index in [2.05, 4.69) is 33.5 Å². The van der Waals surface area contributed by atoms with E-state index in [0.29, 0.717) is 115 Å². The van der Waals surface area contributed by atoms with Crippen LogP contribution in [0.4, 0.5) is 13.9 Å². The first kappa shape index (κ1) is 107. The number of benzene rings is 12. The first-order valence-electron chi connectivity index (χ1n) is 43.3. The lowest BCUT2D eigenvalue weighted by atomic mass is 9.97. The number of hydrogen-bond donors (Lipinski definition) is 3. The predicted molar refractivity (Wildman–Crippen MR) is 544 cm³/mol. The fraction of sp³-hybridized carbons (Fsp3) is 0.222. The lowest BCUT2D eigenvalue weighted by molar-refractivity contribution is 0.0820. The molecule has 0 atom stereocenters. The number of anilines is 1. The summed E-state index contributed by atoms with van der Waals surface area (Å²) in [4.78, 5) is 61.9. The zero-order chi connectivity index (χ0) is 98.8. The van der Waals surface area contributed by atoms with Gasteiger partial charge in [0, 0.05) is 170 Å². The molecule has 1 fully saturated rings. The summed E-state index contributed by atoms with van der Waals surface area (Å²) in [5, 5.41) is 17.8. The number of thiazole rings is 1. The zero-order valence-corrected chi connectivity index (χ0v) is 82.8. The number of pyridine rings is 1. The van der Waals surface area contributed by atoms with Gasteiger partial charge in [0.2, 0.25) is 10.0 Å². The molecule has 21 nitrogen and oxygen atoms in total. The van der Waals surface area contributed by atoms with Crippen LogP contribution in [0.5, 0.6) is 0 Å². The Morgan fingerprint density at radius 1 is 0.416 bits per heavy atom. The topological polar surface area (TPSA) is 255 Å². The number of ether oxygens (including phenoxy) is 6. The van der Waals surface area contributed by atoms with E-state index in [0.717, 1.165) is 122 Å². The van der Waals surface area contributed by atoms with Gasteiger partial charge in [0.05, 0.1) is 56.3 Å². The molecule has 15 rings (SSSR count). The van der Waals surface area contributed by atoms with E-state index in [-0.39, 0.29) is 40.2 Å². The monoisotopic (exact) mass is 1970 g/mol. The van der Waals surface area contributed by atoms with Crippen LogP contribution < -0.4 is 11.1 Å². The van der Waals surface area contributed by atoms with E-state index in [1.54, 1.807) is 163 Å². The van der Waals surface area contributed by atoms with Gasteiger partial charge >= 0.3 is 0 Å². The number of carbonyl (C=O) groups excluding carboxylic acids is 4. The van der Waals surface area contributed by atoms with Crippen molar-refractivity contribution in [2.24, 2.45) is 0 Å². The summed E-state index contributed by atoms with van der Waals surface area (Å²) in [5.41, 5.74) is 28.3. The number of nitrogen functional groups attached to an aromatic ring is 1. The standard InChI is InChI=1S/C21H19ClN2O2.C19H22ClNO4S.C17H15ClN2OS.C17H18ClNO2.2C17H18FNO2/c1-26-14-18-3-2-17(12-20(18)16-4-6-19(22)7-5-16)21(25)24-13-15-8-10-23-11-9-15;1-25-13-15-12-18(26(23,24)21-10-8-17(22)9-11-21)6-7-19(15)14-2-4-16(20)5-3-14;1-21-9-13-8-12(16-10-22-17(19)20-16)4-7-15(13)11-2-5-14(18)6-3-11;1-19(2)17(20)13-4-5-14(11-21-3)16(10-13)12-6-8-15(18)9-7-12;1-19(2)17(20)13-6-9-16(14(10-13)11-21-3)12-4-7-15(18)8-5-12;1-19(2)17(20)13-7-8-16(14(9-13)11-21-3)12-5-4-6-15(18)10-12/h2-12H,13-14H2,1H3,(H,24,25);2-7,12,17,22H,8-11,13H2,1H3;2-8,10H,9H2,1H3,(H2,19,20);3*4-10H,11H2,1-3H3. The van der Waals surface area contributed by atoms with Gasteiger partial charge in [-0.1, -0.05) is 162 Å². The molecule has 4 N–H and O–H groups in total. The van der Waals surface area contributed by atoms with Crippen molar-refractivity contribution in [2.45, 2.75) is 70.0 Å². The van der Waals surface area contributed by atoms with Crippen molar-refractivity contribution in [2.75, 3.05) is 104 Å². The van der Waals surface area contributed by atoms with Gasteiger partial charge in [0.15, 0.2) is 5.13 Å². The van der Waals surface area contributed by atoms with E-state index in [1.807, 2.05) is 169 Å². The highest BCUT2D eigenvalue weighted by atomic mass is 35.5. The molecule has 3 heterocycles. The van der Waals surface area contributed by atoms with Crippen molar-refractivity contribution in [3.05, 3.63) is 378 Å². The second kappa shape index (κ2) is 52.9. The molecule has 29 heteroatoms. The third-order valence-corrected chi connectivity index (χ3v) is 25.2. The van der Waals surface area contributed by atoms with Crippen LogP contribution in [-0.2, 0) is 84.6 Å². The summed E-state index contributed by atoms with van der Waals surface area (Å²) < 4.78 is 85.3. The van der Waals surface area contributed by atoms with Crippen molar-refractivity contribution >= 4 is 96.5 Å². The van der Waals surface area contributed by atoms with Crippen LogP contribution in [0, 0.1) is 11.6 Å². The number of halogens is 6. The third kappa shape index (κ3) is 30.9. The van der Waals surface area contributed by atoms with Crippen LogP contribution in [0.2, 0.25) is 20.1 Å². The first-order valence-corrected chi connectivity index (χ1v) is 47.2. The zero-order valence-electron chi connectivity index (χ0n) is 78.2. The molecule has 4 amide bonds. The van der Waals surface area contributed by atoms with Gasteiger partial charge in [-0.3, -0.25) is 24.2 Å². The van der Waals surface area contributed by atoms with Gasteiger partial charge in [-0.2, -0.15) is 4.31 Å². The molecular weight excluding hydrogens is 1860 g/mol. The van der Waals surface area contributed by atoms with Gasteiger partial charge in [0.25, 0.3) is 23.6 Å². The summed E-state index contributed by atoms with van der Waals surface area (Å²) in [5.74, 6) is -0.831. The summed E-state index contributed by atoms with van der Waals surface area (Å²) in [7, 11) is 16.5. The molecule has 0 unspecified atom stereocenters. The molecule has 14 aromatic rings. The van der Waals surface area contributed by atoms with Crippen molar-refractivity contribution in [3.8, 4) is 78.0 Å². The fourth-order valence-corrected chi connectivity index (χ4v) is 17.3. The van der Waals surface area contributed by atoms with Crippen LogP contribution >= 0.6 is 57.7 Å². The molecule has 0 saturated carbocycles. The molecule has 714 valence electrons. The highest BCUT2D eigenvalue weighted by Gasteiger charge is 2.30. The number of aliphatic hydroxyl groups excluding tert-OH is 1. The highest BCUT2D eigenvalue weighted by Crippen LogP contribution is 2.37. The van der Waals surface area contributed by atoms with Crippen LogP contribution in [0.1, 0.15) is 93.2 Å². The molecule has 2 aromatic heterocycles. The Hall–Kier alpha value is -12.3. The molecule has 0 spiro atoms. The maximum Gasteiger partial charge on any atom is 0.253 e. The number of nitrogens with zero attached hydrogens (tertiary/aromatic N) is 6. The number of piperidine rings is 1. The SMILES string of the molecule is COCc1cc(-c2csc(N)n2)ccc1-c1ccc(Cl)cc1.COCc1cc(C(=O)N(C)C)ccc1-c1ccc(F)cc1.COCc1cc(C(=O)N(C)C)ccc1-c1cccc(F)c1.COCc1cc(S(=O)(=O)N2CCC(O)CC2)ccc1-c1ccc(Cl)cc1.COCc1ccc(C(=O)N(C)C)cc1-c1ccc(Cl)cc1.COCc1ccc(C(=O)NCc2ccncc2)cc1-c1ccc(Cl)cc1. The van der Waals surface area contributed by atoms with E-state index in [9.17, 15) is 41.5 Å². The Kier molecular flexibility index (Phi) is 41.2. The summed E-state index contributed by atoms with van der Waals surface area (Å²) in [6.45, 7) is 3.68. The van der Waals surface area contributed by atoms with E-state index < -0.39 is 16.1 Å². The minimum absolute atomic E-state index is 0.0193. The smallest absolute Gasteiger partial charge is 0.253 e. The molecule has 0 bridgehead atoms. The van der Waals surface area contributed by atoms with E-state index in [4.69, 9.17) is 80.6 Å². The number of rotatable bonds is 27. The number of methoxy groups -OCH3 is 6. The Morgan fingerprint density at radius 3 is 1.19 bits per heavy atom. The minimum Gasteiger partial charge on any atom is -0.393 e. The molecule has 0 aliphatic carbocycles. The Labute approximate surface area is 824 Å². The molecule has 0 radical (unpaired) electrons. The maximum atomic E-state index is 13.4.